The SMILES string of the molecule is CCN(CC1CCN(C(=O)c2n[nH]c3c2CNCC3)C1)CC(F)(F)F.Cl. The maximum Gasteiger partial charge on any atom is 0.401 e. The number of hydrogen-bond acceptors (Lipinski definition) is 4. The first-order chi connectivity index (χ1) is 11.9. The largest absolute Gasteiger partial charge is 0.401 e. The molecule has 0 aromatic carbocycles. The highest BCUT2D eigenvalue weighted by Crippen LogP contribution is 2.24. The zero-order valence-electron chi connectivity index (χ0n) is 14.7. The van der Waals surface area contributed by atoms with E-state index in [1.165, 1.54) is 4.90 Å². The Labute approximate surface area is 156 Å². The fourth-order valence-electron chi connectivity index (χ4n) is 3.64. The van der Waals surface area contributed by atoms with Crippen molar-refractivity contribution in [2.75, 3.05) is 39.3 Å². The van der Waals surface area contributed by atoms with Crippen molar-refractivity contribution in [3.63, 3.8) is 0 Å². The van der Waals surface area contributed by atoms with Gasteiger partial charge in [-0.1, -0.05) is 6.92 Å². The van der Waals surface area contributed by atoms with Gasteiger partial charge in [0.05, 0.1) is 6.54 Å². The number of amides is 1. The Balaban J connectivity index is 0.00000243. The lowest BCUT2D eigenvalue weighted by Gasteiger charge is -2.25. The van der Waals surface area contributed by atoms with E-state index in [0.717, 1.165) is 30.6 Å². The minimum atomic E-state index is -4.19. The Bertz CT molecular complexity index is 622. The summed E-state index contributed by atoms with van der Waals surface area (Å²) in [5, 5.41) is 10.3. The van der Waals surface area contributed by atoms with Crippen LogP contribution in [-0.2, 0) is 13.0 Å². The summed E-state index contributed by atoms with van der Waals surface area (Å²) >= 11 is 0. The first-order valence-electron chi connectivity index (χ1n) is 8.72. The predicted molar refractivity (Wildman–Crippen MR) is 93.4 cm³/mol. The normalized spacial score (nSPS) is 20.2. The topological polar surface area (TPSA) is 64.3 Å². The molecule has 0 aliphatic carbocycles. The molecule has 0 bridgehead atoms. The number of nitrogens with zero attached hydrogens (tertiary/aromatic N) is 3. The molecule has 0 spiro atoms. The molecule has 2 N–H and O–H groups in total. The van der Waals surface area contributed by atoms with Crippen LogP contribution in [-0.4, -0.2) is 71.3 Å². The van der Waals surface area contributed by atoms with Crippen LogP contribution in [0.5, 0.6) is 0 Å². The van der Waals surface area contributed by atoms with Crippen molar-refractivity contribution in [2.24, 2.45) is 5.92 Å². The number of carbonyl (C=O) groups is 1. The molecular formula is C16H25ClF3N5O. The van der Waals surface area contributed by atoms with E-state index in [0.29, 0.717) is 38.4 Å². The summed E-state index contributed by atoms with van der Waals surface area (Å²) in [7, 11) is 0. The first kappa shape index (κ1) is 21.0. The summed E-state index contributed by atoms with van der Waals surface area (Å²) in [6.07, 6.45) is -2.64. The van der Waals surface area contributed by atoms with Gasteiger partial charge in [-0.3, -0.25) is 14.8 Å². The molecule has 2 aliphatic rings. The number of aromatic nitrogens is 2. The molecule has 1 fully saturated rings. The third kappa shape index (κ3) is 4.89. The fraction of sp³-hybridized carbons (Fsp3) is 0.750. The zero-order valence-corrected chi connectivity index (χ0v) is 15.5. The Kier molecular flexibility index (Phi) is 6.92. The van der Waals surface area contributed by atoms with Gasteiger partial charge >= 0.3 is 6.18 Å². The molecule has 1 aromatic heterocycles. The van der Waals surface area contributed by atoms with Crippen LogP contribution >= 0.6 is 12.4 Å². The van der Waals surface area contributed by atoms with Crippen LogP contribution in [0, 0.1) is 5.92 Å². The van der Waals surface area contributed by atoms with Gasteiger partial charge in [0, 0.05) is 50.4 Å². The van der Waals surface area contributed by atoms with Crippen LogP contribution in [0.2, 0.25) is 0 Å². The van der Waals surface area contributed by atoms with Crippen molar-refractivity contribution in [3.05, 3.63) is 17.0 Å². The summed E-state index contributed by atoms with van der Waals surface area (Å²) in [5.74, 6) is -0.0540. The fourth-order valence-corrected chi connectivity index (χ4v) is 3.64. The molecule has 2 aliphatic heterocycles. The molecule has 1 aromatic rings. The molecule has 0 radical (unpaired) electrons. The number of halogens is 4. The van der Waals surface area contributed by atoms with Gasteiger partial charge in [-0.25, -0.2) is 0 Å². The lowest BCUT2D eigenvalue weighted by molar-refractivity contribution is -0.146. The average molecular weight is 396 g/mol. The summed E-state index contributed by atoms with van der Waals surface area (Å²) in [6.45, 7) is 4.09. The van der Waals surface area contributed by atoms with Crippen molar-refractivity contribution in [3.8, 4) is 0 Å². The van der Waals surface area contributed by atoms with Crippen LogP contribution < -0.4 is 5.32 Å². The van der Waals surface area contributed by atoms with Gasteiger partial charge in [-0.05, 0) is 18.9 Å². The van der Waals surface area contributed by atoms with E-state index in [1.54, 1.807) is 11.8 Å². The molecule has 6 nitrogen and oxygen atoms in total. The van der Waals surface area contributed by atoms with E-state index >= 15 is 0 Å². The monoisotopic (exact) mass is 395 g/mol. The molecule has 1 atom stereocenters. The number of rotatable bonds is 5. The number of hydrogen-bond donors (Lipinski definition) is 2. The van der Waals surface area contributed by atoms with Crippen LogP contribution in [0.15, 0.2) is 0 Å². The van der Waals surface area contributed by atoms with Gasteiger partial charge in [-0.2, -0.15) is 18.3 Å². The predicted octanol–water partition coefficient (Wildman–Crippen LogP) is 1.82. The molecule has 3 rings (SSSR count). The third-order valence-corrected chi connectivity index (χ3v) is 4.95. The summed E-state index contributed by atoms with van der Waals surface area (Å²) in [5.41, 5.74) is 2.37. The minimum absolute atomic E-state index is 0. The van der Waals surface area contributed by atoms with Gasteiger partial charge < -0.3 is 10.2 Å². The van der Waals surface area contributed by atoms with E-state index in [2.05, 4.69) is 15.5 Å². The molecular weight excluding hydrogens is 371 g/mol. The zero-order chi connectivity index (χ0) is 18.0. The number of H-pyrrole nitrogens is 1. The van der Waals surface area contributed by atoms with Crippen molar-refractivity contribution >= 4 is 18.3 Å². The molecule has 1 saturated heterocycles. The number of fused-ring (bicyclic) bond motifs is 1. The average Bonchev–Trinajstić information content (AvgIpc) is 3.19. The maximum absolute atomic E-state index is 12.7. The van der Waals surface area contributed by atoms with Crippen LogP contribution in [0.4, 0.5) is 13.2 Å². The van der Waals surface area contributed by atoms with E-state index in [1.807, 2.05) is 0 Å². The van der Waals surface area contributed by atoms with Crippen LogP contribution in [0.3, 0.4) is 0 Å². The van der Waals surface area contributed by atoms with Gasteiger partial charge in [0.1, 0.15) is 0 Å². The number of alkyl halides is 3. The highest BCUT2D eigenvalue weighted by Gasteiger charge is 2.34. The van der Waals surface area contributed by atoms with E-state index in [9.17, 15) is 18.0 Å². The summed E-state index contributed by atoms with van der Waals surface area (Å²) < 4.78 is 37.8. The van der Waals surface area contributed by atoms with Crippen LogP contribution in [0.25, 0.3) is 0 Å². The Morgan fingerprint density at radius 3 is 2.88 bits per heavy atom. The third-order valence-electron chi connectivity index (χ3n) is 4.95. The first-order valence-corrected chi connectivity index (χ1v) is 8.72. The highest BCUT2D eigenvalue weighted by molar-refractivity contribution is 5.94. The molecule has 1 amide bonds. The molecule has 1 unspecified atom stereocenters. The second-order valence-corrected chi connectivity index (χ2v) is 6.80. The van der Waals surface area contributed by atoms with Crippen LogP contribution in [0.1, 0.15) is 35.1 Å². The number of carbonyl (C=O) groups excluding carboxylic acids is 1. The summed E-state index contributed by atoms with van der Waals surface area (Å²) in [4.78, 5) is 15.9. The lowest BCUT2D eigenvalue weighted by Crippen LogP contribution is -2.38. The highest BCUT2D eigenvalue weighted by atomic mass is 35.5. The number of likely N-dealkylation sites (tertiary alicyclic amines) is 1. The maximum atomic E-state index is 12.7. The van der Waals surface area contributed by atoms with E-state index in [4.69, 9.17) is 0 Å². The molecule has 148 valence electrons. The number of aromatic amines is 1. The van der Waals surface area contributed by atoms with Gasteiger partial charge in [0.2, 0.25) is 0 Å². The summed E-state index contributed by atoms with van der Waals surface area (Å²) in [6, 6.07) is 0. The minimum Gasteiger partial charge on any atom is -0.337 e. The van der Waals surface area contributed by atoms with Gasteiger partial charge in [-0.15, -0.1) is 12.4 Å². The molecule has 3 heterocycles. The smallest absolute Gasteiger partial charge is 0.337 e. The van der Waals surface area contributed by atoms with E-state index in [-0.39, 0.29) is 24.2 Å². The Morgan fingerprint density at radius 1 is 1.42 bits per heavy atom. The standard InChI is InChI=1S/C16H24F3N5O.ClH/c1-2-23(10-16(17,18)19)8-11-4-6-24(9-11)15(25)14-12-7-20-5-3-13(12)21-22-14;/h11,20H,2-10H2,1H3,(H,21,22);1H. The Hall–Kier alpha value is -1.32. The van der Waals surface area contributed by atoms with E-state index < -0.39 is 12.7 Å². The Morgan fingerprint density at radius 2 is 2.19 bits per heavy atom. The molecule has 0 saturated carbocycles. The second kappa shape index (κ2) is 8.58. The molecule has 26 heavy (non-hydrogen) atoms. The van der Waals surface area contributed by atoms with Crippen molar-refractivity contribution in [1.82, 2.24) is 25.3 Å². The van der Waals surface area contributed by atoms with Crippen molar-refractivity contribution < 1.29 is 18.0 Å². The second-order valence-electron chi connectivity index (χ2n) is 6.80. The van der Waals surface area contributed by atoms with Crippen molar-refractivity contribution in [2.45, 2.75) is 32.5 Å². The quantitative estimate of drug-likeness (QED) is 0.798. The lowest BCUT2D eigenvalue weighted by atomic mass is 10.1. The molecule has 10 heteroatoms. The number of nitrogens with one attached hydrogen (secondary N) is 2. The van der Waals surface area contributed by atoms with Crippen molar-refractivity contribution in [1.29, 1.82) is 0 Å². The van der Waals surface area contributed by atoms with Gasteiger partial charge in [0.25, 0.3) is 5.91 Å². The van der Waals surface area contributed by atoms with Gasteiger partial charge in [0.15, 0.2) is 5.69 Å².